The number of ether oxygens (including phenoxy) is 2. The SMILES string of the molecule is CCCNCc1cccc(OCC)c1OCC(C)(O)CC. The van der Waals surface area contributed by atoms with Gasteiger partial charge in [-0.3, -0.25) is 0 Å². The van der Waals surface area contributed by atoms with Crippen LogP contribution < -0.4 is 14.8 Å². The first-order valence-electron chi connectivity index (χ1n) is 7.84. The summed E-state index contributed by atoms with van der Waals surface area (Å²) in [6, 6.07) is 5.91. The Hall–Kier alpha value is -1.26. The molecule has 0 bridgehead atoms. The number of nitrogens with one attached hydrogen (secondary N) is 1. The van der Waals surface area contributed by atoms with Crippen molar-refractivity contribution in [3.63, 3.8) is 0 Å². The molecular weight excluding hydrogens is 266 g/mol. The molecule has 1 aromatic rings. The summed E-state index contributed by atoms with van der Waals surface area (Å²) in [6.45, 7) is 10.4. The molecule has 4 heteroatoms. The molecule has 0 aromatic heterocycles. The largest absolute Gasteiger partial charge is 0.490 e. The van der Waals surface area contributed by atoms with Crippen LogP contribution in [0.25, 0.3) is 0 Å². The molecule has 0 saturated carbocycles. The van der Waals surface area contributed by atoms with Crippen LogP contribution in [0.15, 0.2) is 18.2 Å². The molecule has 0 saturated heterocycles. The molecule has 120 valence electrons. The third kappa shape index (κ3) is 5.94. The van der Waals surface area contributed by atoms with Crippen molar-refractivity contribution < 1.29 is 14.6 Å². The summed E-state index contributed by atoms with van der Waals surface area (Å²) in [7, 11) is 0. The van der Waals surface area contributed by atoms with Crippen molar-refractivity contribution in [3.05, 3.63) is 23.8 Å². The normalized spacial score (nSPS) is 13.8. The van der Waals surface area contributed by atoms with Gasteiger partial charge in [0, 0.05) is 12.1 Å². The maximum atomic E-state index is 10.1. The van der Waals surface area contributed by atoms with E-state index in [0.29, 0.717) is 13.0 Å². The van der Waals surface area contributed by atoms with Crippen LogP contribution in [0.4, 0.5) is 0 Å². The van der Waals surface area contributed by atoms with Crippen LogP contribution >= 0.6 is 0 Å². The average Bonchev–Trinajstić information content (AvgIpc) is 2.47. The summed E-state index contributed by atoms with van der Waals surface area (Å²) in [5, 5.41) is 13.5. The van der Waals surface area contributed by atoms with Gasteiger partial charge in [0.15, 0.2) is 11.5 Å². The minimum absolute atomic E-state index is 0.258. The zero-order valence-electron chi connectivity index (χ0n) is 13.7. The fourth-order valence-corrected chi connectivity index (χ4v) is 1.86. The zero-order chi connectivity index (χ0) is 15.7. The van der Waals surface area contributed by atoms with Crippen LogP contribution in [0.2, 0.25) is 0 Å². The molecule has 0 amide bonds. The lowest BCUT2D eigenvalue weighted by Crippen LogP contribution is -2.31. The highest BCUT2D eigenvalue weighted by molar-refractivity contribution is 5.46. The predicted octanol–water partition coefficient (Wildman–Crippen LogP) is 3.12. The van der Waals surface area contributed by atoms with Gasteiger partial charge in [0.2, 0.25) is 0 Å². The van der Waals surface area contributed by atoms with Crippen LogP contribution in [0, 0.1) is 0 Å². The Morgan fingerprint density at radius 2 is 1.95 bits per heavy atom. The van der Waals surface area contributed by atoms with E-state index in [1.54, 1.807) is 6.92 Å². The molecule has 0 radical (unpaired) electrons. The second-order valence-corrected chi connectivity index (χ2v) is 5.49. The highest BCUT2D eigenvalue weighted by Gasteiger charge is 2.20. The zero-order valence-corrected chi connectivity index (χ0v) is 13.7. The van der Waals surface area contributed by atoms with Gasteiger partial charge in [-0.1, -0.05) is 26.0 Å². The van der Waals surface area contributed by atoms with E-state index >= 15 is 0 Å². The fourth-order valence-electron chi connectivity index (χ4n) is 1.86. The third-order valence-corrected chi connectivity index (χ3v) is 3.39. The van der Waals surface area contributed by atoms with E-state index in [0.717, 1.165) is 36.6 Å². The van der Waals surface area contributed by atoms with Gasteiger partial charge in [-0.25, -0.2) is 0 Å². The number of benzene rings is 1. The van der Waals surface area contributed by atoms with Crippen LogP contribution in [-0.2, 0) is 6.54 Å². The van der Waals surface area contributed by atoms with Crippen molar-refractivity contribution in [2.75, 3.05) is 19.8 Å². The van der Waals surface area contributed by atoms with Gasteiger partial charge in [-0.05, 0) is 39.3 Å². The Morgan fingerprint density at radius 1 is 1.19 bits per heavy atom. The van der Waals surface area contributed by atoms with Crippen molar-refractivity contribution in [3.8, 4) is 11.5 Å². The van der Waals surface area contributed by atoms with E-state index in [-0.39, 0.29) is 6.61 Å². The Balaban J connectivity index is 2.88. The summed E-state index contributed by atoms with van der Waals surface area (Å²) in [5.41, 5.74) is 0.231. The minimum atomic E-state index is -0.826. The Labute approximate surface area is 128 Å². The Kier molecular flexibility index (Phi) is 7.54. The number of para-hydroxylation sites is 1. The molecule has 0 fully saturated rings. The predicted molar refractivity (Wildman–Crippen MR) is 86.0 cm³/mol. The molecular formula is C17H29NO3. The highest BCUT2D eigenvalue weighted by atomic mass is 16.5. The summed E-state index contributed by atoms with van der Waals surface area (Å²) in [4.78, 5) is 0. The van der Waals surface area contributed by atoms with Gasteiger partial charge >= 0.3 is 0 Å². The lowest BCUT2D eigenvalue weighted by atomic mass is 10.1. The van der Waals surface area contributed by atoms with Crippen molar-refractivity contribution >= 4 is 0 Å². The summed E-state index contributed by atoms with van der Waals surface area (Å²) < 4.78 is 11.5. The molecule has 1 aromatic carbocycles. The maximum Gasteiger partial charge on any atom is 0.165 e. The first-order chi connectivity index (χ1) is 10.0. The van der Waals surface area contributed by atoms with Crippen molar-refractivity contribution in [2.24, 2.45) is 0 Å². The summed E-state index contributed by atoms with van der Waals surface area (Å²) >= 11 is 0. The highest BCUT2D eigenvalue weighted by Crippen LogP contribution is 2.32. The van der Waals surface area contributed by atoms with Gasteiger partial charge in [0.1, 0.15) is 6.61 Å². The maximum absolute atomic E-state index is 10.1. The summed E-state index contributed by atoms with van der Waals surface area (Å²) in [5.74, 6) is 1.47. The smallest absolute Gasteiger partial charge is 0.165 e. The topological polar surface area (TPSA) is 50.7 Å². The molecule has 1 unspecified atom stereocenters. The molecule has 0 heterocycles. The van der Waals surface area contributed by atoms with Gasteiger partial charge in [-0.15, -0.1) is 0 Å². The average molecular weight is 295 g/mol. The number of rotatable bonds is 10. The first kappa shape index (κ1) is 17.8. The van der Waals surface area contributed by atoms with Crippen molar-refractivity contribution in [2.45, 2.75) is 52.7 Å². The molecule has 21 heavy (non-hydrogen) atoms. The van der Waals surface area contributed by atoms with E-state index < -0.39 is 5.60 Å². The second kappa shape index (κ2) is 8.90. The van der Waals surface area contributed by atoms with Crippen molar-refractivity contribution in [1.82, 2.24) is 5.32 Å². The van der Waals surface area contributed by atoms with E-state index in [1.165, 1.54) is 0 Å². The van der Waals surface area contributed by atoms with E-state index in [4.69, 9.17) is 9.47 Å². The molecule has 4 nitrogen and oxygen atoms in total. The van der Waals surface area contributed by atoms with Crippen LogP contribution in [0.3, 0.4) is 0 Å². The third-order valence-electron chi connectivity index (χ3n) is 3.39. The fraction of sp³-hybridized carbons (Fsp3) is 0.647. The summed E-state index contributed by atoms with van der Waals surface area (Å²) in [6.07, 6.45) is 1.74. The van der Waals surface area contributed by atoms with E-state index in [1.807, 2.05) is 32.0 Å². The Morgan fingerprint density at radius 3 is 2.57 bits per heavy atom. The molecule has 0 aliphatic rings. The van der Waals surface area contributed by atoms with Crippen molar-refractivity contribution in [1.29, 1.82) is 0 Å². The standard InChI is InChI=1S/C17H29NO3/c1-5-11-18-12-14-9-8-10-15(20-7-3)16(14)21-13-17(4,19)6-2/h8-10,18-19H,5-7,11-13H2,1-4H3. The lowest BCUT2D eigenvalue weighted by Gasteiger charge is -2.24. The molecule has 2 N–H and O–H groups in total. The van der Waals surface area contributed by atoms with E-state index in [2.05, 4.69) is 12.2 Å². The monoisotopic (exact) mass is 295 g/mol. The lowest BCUT2D eigenvalue weighted by molar-refractivity contribution is 0.00729. The molecule has 0 aliphatic carbocycles. The molecule has 0 spiro atoms. The number of hydrogen-bond acceptors (Lipinski definition) is 4. The van der Waals surface area contributed by atoms with Crippen LogP contribution in [0.1, 0.15) is 46.1 Å². The number of aliphatic hydroxyl groups is 1. The van der Waals surface area contributed by atoms with Gasteiger partial charge in [0.25, 0.3) is 0 Å². The van der Waals surface area contributed by atoms with Gasteiger partial charge in [-0.2, -0.15) is 0 Å². The van der Waals surface area contributed by atoms with E-state index in [9.17, 15) is 5.11 Å². The van der Waals surface area contributed by atoms with Gasteiger partial charge < -0.3 is 19.9 Å². The molecule has 0 aliphatic heterocycles. The van der Waals surface area contributed by atoms with Crippen LogP contribution in [0.5, 0.6) is 11.5 Å². The van der Waals surface area contributed by atoms with Gasteiger partial charge in [0.05, 0.1) is 12.2 Å². The van der Waals surface area contributed by atoms with Crippen LogP contribution in [-0.4, -0.2) is 30.5 Å². The number of hydrogen-bond donors (Lipinski definition) is 2. The molecule has 1 atom stereocenters. The molecule has 1 rings (SSSR count). The minimum Gasteiger partial charge on any atom is -0.490 e. The first-order valence-corrected chi connectivity index (χ1v) is 7.84. The second-order valence-electron chi connectivity index (χ2n) is 5.49. The quantitative estimate of drug-likeness (QED) is 0.651. The Bertz CT molecular complexity index is 418.